The second-order valence-electron chi connectivity index (χ2n) is 8.14. The molecule has 32 heavy (non-hydrogen) atoms. The minimum atomic E-state index is -0.488. The predicted octanol–water partition coefficient (Wildman–Crippen LogP) is 3.38. The maximum atomic E-state index is 13.4. The Kier molecular flexibility index (Phi) is 6.41. The number of benzene rings is 1. The third-order valence-corrected chi connectivity index (χ3v) is 6.22. The lowest BCUT2D eigenvalue weighted by molar-refractivity contribution is -0.121. The van der Waals surface area contributed by atoms with Crippen LogP contribution in [-0.4, -0.2) is 15.0 Å². The van der Waals surface area contributed by atoms with E-state index in [2.05, 4.69) is 19.2 Å². The quantitative estimate of drug-likeness (QED) is 0.445. The molecule has 3 heterocycles. The van der Waals surface area contributed by atoms with Crippen LogP contribution >= 0.6 is 11.3 Å². The minimum absolute atomic E-state index is 0.152. The highest BCUT2D eigenvalue weighted by Gasteiger charge is 2.20. The molecular formula is C24H25N3O4S. The number of amides is 1. The molecule has 0 radical (unpaired) electrons. The monoisotopic (exact) mass is 451 g/mol. The van der Waals surface area contributed by atoms with Crippen LogP contribution in [0.5, 0.6) is 0 Å². The summed E-state index contributed by atoms with van der Waals surface area (Å²) in [6.07, 6.45) is 2.26. The average molecular weight is 452 g/mol. The lowest BCUT2D eigenvalue weighted by atomic mass is 10.0. The Balaban J connectivity index is 1.76. The van der Waals surface area contributed by atoms with Crippen molar-refractivity contribution in [2.75, 3.05) is 0 Å². The number of carbonyl (C=O) groups excluding carboxylic acids is 1. The molecule has 0 saturated carbocycles. The predicted molar refractivity (Wildman–Crippen MR) is 125 cm³/mol. The van der Waals surface area contributed by atoms with Gasteiger partial charge in [0.2, 0.25) is 5.91 Å². The number of furan rings is 1. The van der Waals surface area contributed by atoms with Gasteiger partial charge in [-0.2, -0.15) is 0 Å². The molecule has 0 bridgehead atoms. The maximum Gasteiger partial charge on any atom is 0.332 e. The van der Waals surface area contributed by atoms with Gasteiger partial charge in [0.1, 0.15) is 17.1 Å². The number of thiophene rings is 1. The first-order valence-corrected chi connectivity index (χ1v) is 11.4. The van der Waals surface area contributed by atoms with E-state index in [-0.39, 0.29) is 31.1 Å². The van der Waals surface area contributed by atoms with E-state index in [1.165, 1.54) is 26.7 Å². The molecule has 166 valence electrons. The largest absolute Gasteiger partial charge is 0.467 e. The third kappa shape index (κ3) is 4.60. The molecule has 0 aliphatic carbocycles. The fraction of sp³-hybridized carbons (Fsp3) is 0.292. The topological polar surface area (TPSA) is 86.2 Å². The molecule has 4 aromatic rings. The van der Waals surface area contributed by atoms with Crippen LogP contribution in [0.3, 0.4) is 0 Å². The molecule has 0 spiro atoms. The van der Waals surface area contributed by atoms with Gasteiger partial charge >= 0.3 is 5.69 Å². The Morgan fingerprint density at radius 3 is 2.56 bits per heavy atom. The van der Waals surface area contributed by atoms with Gasteiger partial charge in [0, 0.05) is 0 Å². The van der Waals surface area contributed by atoms with E-state index in [0.29, 0.717) is 21.9 Å². The van der Waals surface area contributed by atoms with Crippen molar-refractivity contribution in [1.29, 1.82) is 0 Å². The summed E-state index contributed by atoms with van der Waals surface area (Å²) in [5, 5.41) is 5.23. The molecule has 4 rings (SSSR count). The molecule has 0 atom stereocenters. The summed E-state index contributed by atoms with van der Waals surface area (Å²) in [6, 6.07) is 12.9. The van der Waals surface area contributed by atoms with Crippen molar-refractivity contribution in [3.63, 3.8) is 0 Å². The summed E-state index contributed by atoms with van der Waals surface area (Å²) in [4.78, 5) is 39.9. The average Bonchev–Trinajstić information content (AvgIpc) is 3.43. The summed E-state index contributed by atoms with van der Waals surface area (Å²) in [5.74, 6) is 0.653. The Morgan fingerprint density at radius 2 is 1.88 bits per heavy atom. The maximum absolute atomic E-state index is 13.4. The minimum Gasteiger partial charge on any atom is -0.467 e. The van der Waals surface area contributed by atoms with E-state index in [1.807, 2.05) is 35.7 Å². The molecular weight excluding hydrogens is 426 g/mol. The summed E-state index contributed by atoms with van der Waals surface area (Å²) < 4.78 is 7.88. The molecule has 7 nitrogen and oxygen atoms in total. The van der Waals surface area contributed by atoms with Gasteiger partial charge in [-0.3, -0.25) is 18.7 Å². The summed E-state index contributed by atoms with van der Waals surface area (Å²) in [7, 11) is 0. The van der Waals surface area contributed by atoms with Crippen molar-refractivity contribution in [1.82, 2.24) is 14.5 Å². The highest BCUT2D eigenvalue weighted by atomic mass is 32.1. The standard InChI is InChI=1S/C24H25N3O4S/c1-16(2)11-18-15-32-23-21(18)22(29)26(13-17-7-4-3-5-8-17)24(30)27(23)14-20(28)25-12-19-9-6-10-31-19/h3-10,15-16H,11-14H2,1-2H3,(H,25,28). The summed E-state index contributed by atoms with van der Waals surface area (Å²) >= 11 is 1.33. The SMILES string of the molecule is CC(C)Cc1csc2c1c(=O)n(Cc1ccccc1)c(=O)n2CC(=O)NCc1ccco1. The van der Waals surface area contributed by atoms with Crippen molar-refractivity contribution in [2.24, 2.45) is 5.92 Å². The molecule has 0 aliphatic heterocycles. The number of hydrogen-bond acceptors (Lipinski definition) is 5. The van der Waals surface area contributed by atoms with E-state index >= 15 is 0 Å². The third-order valence-electron chi connectivity index (χ3n) is 5.17. The van der Waals surface area contributed by atoms with Crippen LogP contribution < -0.4 is 16.6 Å². The number of rotatable bonds is 8. The zero-order valence-electron chi connectivity index (χ0n) is 18.0. The Hall–Kier alpha value is -3.39. The first-order valence-electron chi connectivity index (χ1n) is 10.5. The van der Waals surface area contributed by atoms with Crippen LogP contribution in [0.15, 0.2) is 68.1 Å². The molecule has 3 aromatic heterocycles. The molecule has 0 aliphatic rings. The second kappa shape index (κ2) is 9.40. The molecule has 0 fully saturated rings. The van der Waals surface area contributed by atoms with Gasteiger partial charge in [-0.1, -0.05) is 44.2 Å². The van der Waals surface area contributed by atoms with E-state index < -0.39 is 5.69 Å². The van der Waals surface area contributed by atoms with Crippen molar-refractivity contribution in [2.45, 2.75) is 39.9 Å². The van der Waals surface area contributed by atoms with Crippen molar-refractivity contribution in [3.05, 3.63) is 91.8 Å². The van der Waals surface area contributed by atoms with Crippen molar-refractivity contribution < 1.29 is 9.21 Å². The highest BCUT2D eigenvalue weighted by Crippen LogP contribution is 2.24. The Morgan fingerprint density at radius 1 is 1.09 bits per heavy atom. The van der Waals surface area contributed by atoms with E-state index in [9.17, 15) is 14.4 Å². The summed E-state index contributed by atoms with van der Waals surface area (Å²) in [5.41, 5.74) is 0.965. The molecule has 0 unspecified atom stereocenters. The fourth-order valence-corrected chi connectivity index (χ4v) is 4.77. The zero-order valence-corrected chi connectivity index (χ0v) is 18.9. The van der Waals surface area contributed by atoms with E-state index in [1.54, 1.807) is 12.1 Å². The number of fused-ring (bicyclic) bond motifs is 1. The summed E-state index contributed by atoms with van der Waals surface area (Å²) in [6.45, 7) is 4.39. The Bertz CT molecular complexity index is 1330. The Labute approximate surface area is 188 Å². The molecule has 8 heteroatoms. The normalized spacial score (nSPS) is 11.3. The van der Waals surface area contributed by atoms with Crippen LogP contribution in [-0.2, 0) is 30.8 Å². The number of nitrogens with one attached hydrogen (secondary N) is 1. The molecule has 1 amide bonds. The number of carbonyl (C=O) groups is 1. The van der Waals surface area contributed by atoms with E-state index in [0.717, 1.165) is 17.5 Å². The second-order valence-corrected chi connectivity index (χ2v) is 9.00. The number of nitrogens with zero attached hydrogens (tertiary/aromatic N) is 2. The van der Waals surface area contributed by atoms with Gasteiger partial charge in [0.25, 0.3) is 5.56 Å². The number of aromatic nitrogens is 2. The van der Waals surface area contributed by atoms with Gasteiger partial charge in [-0.15, -0.1) is 11.3 Å². The van der Waals surface area contributed by atoms with Gasteiger partial charge in [0.05, 0.1) is 24.7 Å². The van der Waals surface area contributed by atoms with Gasteiger partial charge in [-0.25, -0.2) is 4.79 Å². The van der Waals surface area contributed by atoms with Crippen LogP contribution in [0, 0.1) is 5.92 Å². The highest BCUT2D eigenvalue weighted by molar-refractivity contribution is 7.17. The van der Waals surface area contributed by atoms with Crippen molar-refractivity contribution in [3.8, 4) is 0 Å². The smallest absolute Gasteiger partial charge is 0.332 e. The van der Waals surface area contributed by atoms with Crippen molar-refractivity contribution >= 4 is 27.5 Å². The lowest BCUT2D eigenvalue weighted by Gasteiger charge is -2.13. The van der Waals surface area contributed by atoms with Crippen LogP contribution in [0.25, 0.3) is 10.2 Å². The number of hydrogen-bond donors (Lipinski definition) is 1. The fourth-order valence-electron chi connectivity index (χ4n) is 3.70. The molecule has 0 saturated heterocycles. The first-order chi connectivity index (χ1) is 15.4. The van der Waals surface area contributed by atoms with E-state index in [4.69, 9.17) is 4.42 Å². The molecule has 1 N–H and O–H groups in total. The molecule has 1 aromatic carbocycles. The first kappa shape index (κ1) is 21.8. The lowest BCUT2D eigenvalue weighted by Crippen LogP contribution is -2.42. The van der Waals surface area contributed by atoms with Crippen LogP contribution in [0.4, 0.5) is 0 Å². The van der Waals surface area contributed by atoms with Gasteiger partial charge < -0.3 is 9.73 Å². The van der Waals surface area contributed by atoms with Crippen LogP contribution in [0.2, 0.25) is 0 Å². The van der Waals surface area contributed by atoms with Gasteiger partial charge in [-0.05, 0) is 41.0 Å². The zero-order chi connectivity index (χ0) is 22.7. The van der Waals surface area contributed by atoms with Gasteiger partial charge in [0.15, 0.2) is 0 Å². The van der Waals surface area contributed by atoms with Crippen LogP contribution in [0.1, 0.15) is 30.7 Å².